The molecule has 0 unspecified atom stereocenters. The zero-order valence-electron chi connectivity index (χ0n) is 17.3. The molecule has 13 heteroatoms. The highest BCUT2D eigenvalue weighted by Gasteiger charge is 2.38. The summed E-state index contributed by atoms with van der Waals surface area (Å²) in [6.07, 6.45) is -9.34. The van der Waals surface area contributed by atoms with Crippen LogP contribution in [-0.4, -0.2) is 45.7 Å². The van der Waals surface area contributed by atoms with E-state index in [9.17, 15) is 39.6 Å². The van der Waals surface area contributed by atoms with Gasteiger partial charge in [-0.1, -0.05) is 12.1 Å². The standard InChI is InChI=1S/C20H19F6NO5S/c1-31-8-7-27(12-13-3-5-17(6-4-13)32-33(2,29)30)18(28)14-9-15(19(21,22)23)11-16(10-14)20(24,25)26/h3-6,9-11H,7-8,12H2,1-2H3. The lowest BCUT2D eigenvalue weighted by Gasteiger charge is -2.24. The van der Waals surface area contributed by atoms with E-state index in [1.54, 1.807) is 0 Å². The molecule has 0 atom stereocenters. The van der Waals surface area contributed by atoms with Crippen LogP contribution in [-0.2, 0) is 33.8 Å². The number of hydrogen-bond acceptors (Lipinski definition) is 5. The van der Waals surface area contributed by atoms with Gasteiger partial charge >= 0.3 is 22.5 Å². The third-order valence-corrected chi connectivity index (χ3v) is 4.73. The van der Waals surface area contributed by atoms with E-state index in [0.717, 1.165) is 11.2 Å². The fourth-order valence-corrected chi connectivity index (χ4v) is 3.22. The van der Waals surface area contributed by atoms with Gasteiger partial charge < -0.3 is 13.8 Å². The van der Waals surface area contributed by atoms with Gasteiger partial charge in [-0.2, -0.15) is 34.8 Å². The third kappa shape index (κ3) is 7.93. The first-order valence-corrected chi connectivity index (χ1v) is 11.0. The van der Waals surface area contributed by atoms with E-state index in [1.807, 2.05) is 0 Å². The second-order valence-electron chi connectivity index (χ2n) is 6.95. The van der Waals surface area contributed by atoms with E-state index in [0.29, 0.717) is 17.7 Å². The van der Waals surface area contributed by atoms with Crippen molar-refractivity contribution in [2.75, 3.05) is 26.5 Å². The Bertz CT molecular complexity index is 1050. The van der Waals surface area contributed by atoms with Gasteiger partial charge in [0.15, 0.2) is 0 Å². The Balaban J connectivity index is 2.39. The van der Waals surface area contributed by atoms with Crippen LogP contribution in [0.4, 0.5) is 26.3 Å². The van der Waals surface area contributed by atoms with Crippen molar-refractivity contribution in [2.24, 2.45) is 0 Å². The van der Waals surface area contributed by atoms with Crippen LogP contribution in [0.1, 0.15) is 27.0 Å². The second-order valence-corrected chi connectivity index (χ2v) is 8.52. The molecule has 0 aromatic heterocycles. The smallest absolute Gasteiger partial charge is 0.383 e. The molecule has 0 spiro atoms. The van der Waals surface area contributed by atoms with Gasteiger partial charge in [0, 0.05) is 25.8 Å². The molecule has 33 heavy (non-hydrogen) atoms. The Morgan fingerprint density at radius 2 is 1.45 bits per heavy atom. The van der Waals surface area contributed by atoms with Gasteiger partial charge in [-0.25, -0.2) is 0 Å². The molecule has 2 aromatic carbocycles. The molecule has 0 saturated carbocycles. The molecule has 6 nitrogen and oxygen atoms in total. The minimum atomic E-state index is -5.09. The highest BCUT2D eigenvalue weighted by Crippen LogP contribution is 2.36. The second kappa shape index (κ2) is 10.00. The topological polar surface area (TPSA) is 72.9 Å². The number of ether oxygens (including phenoxy) is 1. The molecular formula is C20H19F6NO5S. The number of carbonyl (C=O) groups is 1. The number of methoxy groups -OCH3 is 1. The van der Waals surface area contributed by atoms with Crippen molar-refractivity contribution in [3.8, 4) is 5.75 Å². The van der Waals surface area contributed by atoms with Crippen molar-refractivity contribution in [1.29, 1.82) is 0 Å². The average Bonchev–Trinajstić information content (AvgIpc) is 2.69. The Morgan fingerprint density at radius 1 is 0.939 bits per heavy atom. The number of carbonyl (C=O) groups excluding carboxylic acids is 1. The van der Waals surface area contributed by atoms with Crippen LogP contribution >= 0.6 is 0 Å². The summed E-state index contributed by atoms with van der Waals surface area (Å²) in [7, 11) is -2.46. The fraction of sp³-hybridized carbons (Fsp3) is 0.350. The first kappa shape index (κ1) is 26.5. The summed E-state index contributed by atoms with van der Waals surface area (Å²) >= 11 is 0. The van der Waals surface area contributed by atoms with Crippen molar-refractivity contribution < 1.29 is 48.5 Å². The van der Waals surface area contributed by atoms with Crippen LogP contribution in [0.2, 0.25) is 0 Å². The molecule has 0 heterocycles. The first-order valence-electron chi connectivity index (χ1n) is 9.16. The molecule has 0 aliphatic carbocycles. The van der Waals surface area contributed by atoms with Crippen molar-refractivity contribution in [2.45, 2.75) is 18.9 Å². The number of benzene rings is 2. The number of nitrogens with zero attached hydrogens (tertiary/aromatic N) is 1. The summed E-state index contributed by atoms with van der Waals surface area (Å²) in [6, 6.07) is 6.06. The first-order chi connectivity index (χ1) is 15.1. The normalized spacial score (nSPS) is 12.5. The quantitative estimate of drug-likeness (QED) is 0.399. The van der Waals surface area contributed by atoms with Gasteiger partial charge in [0.2, 0.25) is 0 Å². The molecule has 1 amide bonds. The predicted molar refractivity (Wildman–Crippen MR) is 105 cm³/mol. The summed E-state index contributed by atoms with van der Waals surface area (Å²) in [4.78, 5) is 13.9. The molecule has 182 valence electrons. The van der Waals surface area contributed by atoms with Gasteiger partial charge in [-0.3, -0.25) is 4.79 Å². The van der Waals surface area contributed by atoms with E-state index in [4.69, 9.17) is 8.92 Å². The summed E-state index contributed by atoms with van der Waals surface area (Å²) in [5.74, 6) is -1.08. The monoisotopic (exact) mass is 499 g/mol. The zero-order valence-corrected chi connectivity index (χ0v) is 18.1. The van der Waals surface area contributed by atoms with E-state index in [1.165, 1.54) is 31.4 Å². The molecule has 0 saturated heterocycles. The molecular weight excluding hydrogens is 480 g/mol. The van der Waals surface area contributed by atoms with Crippen LogP contribution in [0.3, 0.4) is 0 Å². The van der Waals surface area contributed by atoms with E-state index in [2.05, 4.69) is 0 Å². The molecule has 0 radical (unpaired) electrons. The SMILES string of the molecule is COCCN(Cc1ccc(OS(C)(=O)=O)cc1)C(=O)c1cc(C(F)(F)F)cc(C(F)(F)F)c1. The molecule has 0 bridgehead atoms. The molecule has 0 aliphatic heterocycles. The van der Waals surface area contributed by atoms with Crippen molar-refractivity contribution in [3.63, 3.8) is 0 Å². The van der Waals surface area contributed by atoms with E-state index < -0.39 is 45.1 Å². The van der Waals surface area contributed by atoms with Gasteiger partial charge in [-0.15, -0.1) is 0 Å². The number of halogens is 6. The predicted octanol–water partition coefficient (Wildman–Crippen LogP) is 4.35. The minimum Gasteiger partial charge on any atom is -0.383 e. The number of rotatable bonds is 8. The Hall–Kier alpha value is -2.80. The van der Waals surface area contributed by atoms with Crippen molar-refractivity contribution in [3.05, 3.63) is 64.7 Å². The maximum atomic E-state index is 13.1. The average molecular weight is 499 g/mol. The summed E-state index contributed by atoms with van der Waals surface area (Å²) in [5, 5.41) is 0. The molecule has 0 aliphatic rings. The highest BCUT2D eigenvalue weighted by atomic mass is 32.2. The van der Waals surface area contributed by atoms with Crippen molar-refractivity contribution >= 4 is 16.0 Å². The molecule has 2 aromatic rings. The number of alkyl halides is 6. The summed E-state index contributed by atoms with van der Waals surface area (Å²) < 4.78 is 111. The minimum absolute atomic E-state index is 0.0104. The van der Waals surface area contributed by atoms with Gasteiger partial charge in [0.1, 0.15) is 5.75 Å². The van der Waals surface area contributed by atoms with Crippen LogP contribution in [0.25, 0.3) is 0 Å². The van der Waals surface area contributed by atoms with Crippen LogP contribution in [0.5, 0.6) is 5.75 Å². The lowest BCUT2D eigenvalue weighted by atomic mass is 10.0. The largest absolute Gasteiger partial charge is 0.416 e. The van der Waals surface area contributed by atoms with Crippen LogP contribution < -0.4 is 4.18 Å². The number of amides is 1. The van der Waals surface area contributed by atoms with Crippen molar-refractivity contribution in [1.82, 2.24) is 4.90 Å². The van der Waals surface area contributed by atoms with Gasteiger partial charge in [0.25, 0.3) is 5.91 Å². The van der Waals surface area contributed by atoms with Crippen LogP contribution in [0.15, 0.2) is 42.5 Å². The molecule has 0 N–H and O–H groups in total. The number of hydrogen-bond donors (Lipinski definition) is 0. The molecule has 2 rings (SSSR count). The van der Waals surface area contributed by atoms with E-state index in [-0.39, 0.29) is 31.5 Å². The highest BCUT2D eigenvalue weighted by molar-refractivity contribution is 7.86. The lowest BCUT2D eigenvalue weighted by molar-refractivity contribution is -0.143. The van der Waals surface area contributed by atoms with Crippen LogP contribution in [0, 0.1) is 0 Å². The summed E-state index contributed by atoms with van der Waals surface area (Å²) in [5.41, 5.74) is -3.57. The Morgan fingerprint density at radius 3 is 1.88 bits per heavy atom. The van der Waals surface area contributed by atoms with E-state index >= 15 is 0 Å². The third-order valence-electron chi connectivity index (χ3n) is 4.23. The summed E-state index contributed by atoms with van der Waals surface area (Å²) in [6.45, 7) is -0.362. The van der Waals surface area contributed by atoms with Gasteiger partial charge in [0.05, 0.1) is 24.0 Å². The fourth-order valence-electron chi connectivity index (χ4n) is 2.76. The Kier molecular flexibility index (Phi) is 8.01. The lowest BCUT2D eigenvalue weighted by Crippen LogP contribution is -2.34. The molecule has 0 fully saturated rings. The Labute approximate surface area is 185 Å². The maximum absolute atomic E-state index is 13.1. The zero-order chi connectivity index (χ0) is 25.0. The van der Waals surface area contributed by atoms with Gasteiger partial charge in [-0.05, 0) is 35.9 Å². The maximum Gasteiger partial charge on any atom is 0.416 e.